The van der Waals surface area contributed by atoms with Gasteiger partial charge in [0.2, 0.25) is 0 Å². The lowest BCUT2D eigenvalue weighted by Crippen LogP contribution is -2.52. The normalized spacial score (nSPS) is 50.8. The van der Waals surface area contributed by atoms with Crippen LogP contribution in [0.1, 0.15) is 78.6 Å². The van der Waals surface area contributed by atoms with E-state index >= 15 is 0 Å². The Bertz CT molecular complexity index is 575. The second-order valence-corrected chi connectivity index (χ2v) is 10.2. The number of hydrogen-bond donors (Lipinski definition) is 1. The van der Waals surface area contributed by atoms with Crippen LogP contribution in [0.3, 0.4) is 0 Å². The summed E-state index contributed by atoms with van der Waals surface area (Å²) < 4.78 is 0. The molecule has 1 heteroatoms. The maximum atomic E-state index is 9.63. The highest BCUT2D eigenvalue weighted by Crippen LogP contribution is 2.70. The van der Waals surface area contributed by atoms with E-state index in [2.05, 4.69) is 33.4 Å². The molecule has 4 aliphatic carbocycles. The Morgan fingerprint density at radius 1 is 1.04 bits per heavy atom. The molecule has 4 rings (SSSR count). The summed E-state index contributed by atoms with van der Waals surface area (Å²) in [5.74, 6) is 2.69. The third kappa shape index (κ3) is 2.09. The molecule has 0 bridgehead atoms. The molecule has 1 N–H and O–H groups in total. The number of allylic oxidation sites excluding steroid dienone is 3. The molecular weight excluding hydrogens is 292 g/mol. The molecule has 3 saturated carbocycles. The van der Waals surface area contributed by atoms with Crippen LogP contribution in [0.25, 0.3) is 0 Å². The van der Waals surface area contributed by atoms with Crippen molar-refractivity contribution in [3.8, 4) is 0 Å². The van der Waals surface area contributed by atoms with Crippen LogP contribution in [-0.4, -0.2) is 11.7 Å². The molecule has 6 unspecified atom stereocenters. The van der Waals surface area contributed by atoms with Gasteiger partial charge in [-0.25, -0.2) is 0 Å². The zero-order valence-electron chi connectivity index (χ0n) is 16.0. The molecule has 6 atom stereocenters. The van der Waals surface area contributed by atoms with Gasteiger partial charge < -0.3 is 5.11 Å². The lowest BCUT2D eigenvalue weighted by atomic mass is 9.45. The van der Waals surface area contributed by atoms with E-state index in [1.165, 1.54) is 56.9 Å². The summed E-state index contributed by atoms with van der Waals surface area (Å²) in [6.07, 6.45) is 14.2. The van der Waals surface area contributed by atoms with Crippen LogP contribution in [-0.2, 0) is 0 Å². The summed E-state index contributed by atoms with van der Waals surface area (Å²) in [7, 11) is 0. The van der Waals surface area contributed by atoms with Crippen LogP contribution >= 0.6 is 0 Å². The summed E-state index contributed by atoms with van der Waals surface area (Å²) in [6, 6.07) is 0. The minimum atomic E-state index is 0.356. The number of aliphatic hydroxyl groups is 1. The van der Waals surface area contributed by atoms with Crippen LogP contribution in [0, 0.1) is 34.0 Å². The van der Waals surface area contributed by atoms with Crippen molar-refractivity contribution in [2.45, 2.75) is 78.6 Å². The average Bonchev–Trinajstić information content (AvgIpc) is 2.80. The molecule has 0 saturated heterocycles. The Labute approximate surface area is 148 Å². The fourth-order valence-corrected chi connectivity index (χ4v) is 7.67. The Balaban J connectivity index is 1.66. The molecule has 134 valence electrons. The molecule has 0 radical (unpaired) electrons. The topological polar surface area (TPSA) is 20.2 Å². The Hall–Kier alpha value is -0.560. The lowest BCUT2D eigenvalue weighted by Gasteiger charge is -2.60. The van der Waals surface area contributed by atoms with Gasteiger partial charge in [0.1, 0.15) is 0 Å². The molecule has 0 spiro atoms. The van der Waals surface area contributed by atoms with Gasteiger partial charge in [-0.05, 0) is 91.8 Å². The molecule has 24 heavy (non-hydrogen) atoms. The van der Waals surface area contributed by atoms with Crippen molar-refractivity contribution >= 4 is 0 Å². The average molecular weight is 329 g/mol. The molecular formula is C23H36O. The zero-order chi connectivity index (χ0) is 17.2. The molecule has 0 heterocycles. The van der Waals surface area contributed by atoms with E-state index in [1.807, 2.05) is 0 Å². The van der Waals surface area contributed by atoms with Crippen molar-refractivity contribution in [1.82, 2.24) is 0 Å². The third-order valence-electron chi connectivity index (χ3n) is 9.52. The van der Waals surface area contributed by atoms with E-state index in [0.717, 1.165) is 24.2 Å². The molecule has 0 aliphatic heterocycles. The largest absolute Gasteiger partial charge is 0.396 e. The summed E-state index contributed by atoms with van der Waals surface area (Å²) >= 11 is 0. The summed E-state index contributed by atoms with van der Waals surface area (Å²) in [4.78, 5) is 0. The van der Waals surface area contributed by atoms with Crippen molar-refractivity contribution in [2.24, 2.45) is 34.0 Å². The SMILES string of the molecule is C=C1C=C2CCC3C(CCC4(C)C3CCC4(C)CCO)C2(C)CC1. The molecule has 3 fully saturated rings. The molecule has 1 nitrogen and oxygen atoms in total. The number of fused-ring (bicyclic) bond motifs is 5. The standard InChI is InChI=1S/C23H36O/c1-16-7-11-22(3)17(15-16)5-6-18-19(22)9-12-23(4)20(18)8-10-21(23,2)13-14-24/h15,18-20,24H,1,5-14H2,2-4H3. The molecule has 0 aromatic rings. The number of rotatable bonds is 2. The fraction of sp³-hybridized carbons (Fsp3) is 0.826. The smallest absolute Gasteiger partial charge is 0.0436 e. The predicted octanol–water partition coefficient (Wildman–Crippen LogP) is 5.89. The monoisotopic (exact) mass is 328 g/mol. The van der Waals surface area contributed by atoms with Gasteiger partial charge in [0.25, 0.3) is 0 Å². The molecule has 0 aromatic carbocycles. The van der Waals surface area contributed by atoms with Crippen molar-refractivity contribution in [3.05, 3.63) is 23.8 Å². The van der Waals surface area contributed by atoms with Gasteiger partial charge in [0.15, 0.2) is 0 Å². The van der Waals surface area contributed by atoms with Crippen molar-refractivity contribution < 1.29 is 5.11 Å². The highest BCUT2D eigenvalue weighted by atomic mass is 16.3. The molecule has 0 amide bonds. The summed E-state index contributed by atoms with van der Waals surface area (Å²) in [5, 5.41) is 9.63. The quantitative estimate of drug-likeness (QED) is 0.669. The van der Waals surface area contributed by atoms with Crippen molar-refractivity contribution in [1.29, 1.82) is 0 Å². The summed E-state index contributed by atoms with van der Waals surface area (Å²) in [5.41, 5.74) is 4.33. The second-order valence-electron chi connectivity index (χ2n) is 10.2. The second kappa shape index (κ2) is 5.47. The molecule has 0 aromatic heterocycles. The number of aliphatic hydroxyl groups excluding tert-OH is 1. The van der Waals surface area contributed by atoms with E-state index in [1.54, 1.807) is 5.57 Å². The Morgan fingerprint density at radius 3 is 2.54 bits per heavy atom. The maximum absolute atomic E-state index is 9.63. The zero-order valence-corrected chi connectivity index (χ0v) is 16.0. The first kappa shape index (κ1) is 16.9. The lowest BCUT2D eigenvalue weighted by molar-refractivity contribution is -0.0794. The van der Waals surface area contributed by atoms with Gasteiger partial charge in [-0.1, -0.05) is 44.6 Å². The highest BCUT2D eigenvalue weighted by Gasteiger charge is 2.62. The van der Waals surface area contributed by atoms with Crippen LogP contribution in [0.2, 0.25) is 0 Å². The van der Waals surface area contributed by atoms with Gasteiger partial charge in [0, 0.05) is 6.61 Å². The third-order valence-corrected chi connectivity index (χ3v) is 9.52. The van der Waals surface area contributed by atoms with Crippen LogP contribution < -0.4 is 0 Å². The summed E-state index contributed by atoms with van der Waals surface area (Å²) in [6.45, 7) is 12.2. The molecule has 4 aliphatic rings. The van der Waals surface area contributed by atoms with E-state index in [4.69, 9.17) is 0 Å². The van der Waals surface area contributed by atoms with Crippen molar-refractivity contribution in [3.63, 3.8) is 0 Å². The predicted molar refractivity (Wildman–Crippen MR) is 101 cm³/mol. The first-order chi connectivity index (χ1) is 11.3. The van der Waals surface area contributed by atoms with Gasteiger partial charge in [0.05, 0.1) is 0 Å². The first-order valence-electron chi connectivity index (χ1n) is 10.3. The van der Waals surface area contributed by atoms with Gasteiger partial charge in [-0.3, -0.25) is 0 Å². The van der Waals surface area contributed by atoms with E-state index in [-0.39, 0.29) is 0 Å². The van der Waals surface area contributed by atoms with E-state index in [9.17, 15) is 5.11 Å². The van der Waals surface area contributed by atoms with Crippen LogP contribution in [0.5, 0.6) is 0 Å². The van der Waals surface area contributed by atoms with Gasteiger partial charge in [-0.15, -0.1) is 0 Å². The fourth-order valence-electron chi connectivity index (χ4n) is 7.67. The van der Waals surface area contributed by atoms with Crippen LogP contribution in [0.4, 0.5) is 0 Å². The maximum Gasteiger partial charge on any atom is 0.0436 e. The number of hydrogen-bond acceptors (Lipinski definition) is 1. The first-order valence-corrected chi connectivity index (χ1v) is 10.3. The minimum Gasteiger partial charge on any atom is -0.396 e. The van der Waals surface area contributed by atoms with Crippen LogP contribution in [0.15, 0.2) is 23.8 Å². The van der Waals surface area contributed by atoms with Gasteiger partial charge in [-0.2, -0.15) is 0 Å². The van der Waals surface area contributed by atoms with E-state index < -0.39 is 0 Å². The minimum absolute atomic E-state index is 0.356. The van der Waals surface area contributed by atoms with Gasteiger partial charge >= 0.3 is 0 Å². The Kier molecular flexibility index (Phi) is 3.85. The van der Waals surface area contributed by atoms with Crippen molar-refractivity contribution in [2.75, 3.05) is 6.61 Å². The Morgan fingerprint density at radius 2 is 1.79 bits per heavy atom. The van der Waals surface area contributed by atoms with E-state index in [0.29, 0.717) is 22.9 Å². The highest BCUT2D eigenvalue weighted by molar-refractivity contribution is 5.33.